The summed E-state index contributed by atoms with van der Waals surface area (Å²) in [6.45, 7) is 4.21. The number of thiazole rings is 1. The lowest BCUT2D eigenvalue weighted by atomic mass is 10.4. The van der Waals surface area contributed by atoms with Gasteiger partial charge in [-0.25, -0.2) is 9.78 Å². The van der Waals surface area contributed by atoms with Crippen molar-refractivity contribution in [3.63, 3.8) is 0 Å². The van der Waals surface area contributed by atoms with Crippen LogP contribution in [-0.2, 0) is 9.53 Å². The zero-order valence-corrected chi connectivity index (χ0v) is 11.3. The summed E-state index contributed by atoms with van der Waals surface area (Å²) in [5.74, 6) is -0.379. The molecule has 1 aromatic heterocycles. The normalized spacial score (nSPS) is 10.6. The molecule has 0 spiro atoms. The Kier molecular flexibility index (Phi) is 6.07. The highest BCUT2D eigenvalue weighted by Gasteiger charge is 2.09. The predicted molar refractivity (Wildman–Crippen MR) is 70.4 cm³/mol. The maximum Gasteiger partial charge on any atom is 0.349 e. The average Bonchev–Trinajstić information content (AvgIpc) is 2.77. The van der Waals surface area contributed by atoms with Gasteiger partial charge in [0.25, 0.3) is 0 Å². The molecule has 6 heteroatoms. The summed E-state index contributed by atoms with van der Waals surface area (Å²) >= 11 is 1.29. The van der Waals surface area contributed by atoms with Crippen LogP contribution in [0.5, 0.6) is 0 Å². The first-order chi connectivity index (χ1) is 8.63. The molecule has 0 radical (unpaired) electrons. The number of ether oxygens (including phenoxy) is 1. The van der Waals surface area contributed by atoms with Crippen LogP contribution in [0.4, 0.5) is 0 Å². The lowest BCUT2D eigenvalue weighted by Crippen LogP contribution is -2.20. The van der Waals surface area contributed by atoms with Crippen molar-refractivity contribution in [2.24, 2.45) is 0 Å². The van der Waals surface area contributed by atoms with Crippen molar-refractivity contribution >= 4 is 29.3 Å². The molecule has 18 heavy (non-hydrogen) atoms. The van der Waals surface area contributed by atoms with Crippen LogP contribution in [0, 0.1) is 0 Å². The Balaban J connectivity index is 2.41. The summed E-state index contributed by atoms with van der Waals surface area (Å²) in [7, 11) is 0. The van der Waals surface area contributed by atoms with E-state index in [0.717, 1.165) is 11.4 Å². The average molecular weight is 268 g/mol. The summed E-state index contributed by atoms with van der Waals surface area (Å²) in [5.41, 5.74) is 0. The van der Waals surface area contributed by atoms with Gasteiger partial charge < -0.3 is 10.1 Å². The second kappa shape index (κ2) is 7.60. The largest absolute Gasteiger partial charge is 0.462 e. The van der Waals surface area contributed by atoms with E-state index in [1.807, 2.05) is 12.2 Å². The molecule has 5 nitrogen and oxygen atoms in total. The summed E-state index contributed by atoms with van der Waals surface area (Å²) in [4.78, 5) is 26.6. The first-order valence-corrected chi connectivity index (χ1v) is 6.49. The SMILES string of the molecule is CCOC(=O)c1cnc(C=CCCNC(C)=O)s1. The molecule has 0 aromatic carbocycles. The van der Waals surface area contributed by atoms with Crippen LogP contribution in [0.2, 0.25) is 0 Å². The zero-order valence-electron chi connectivity index (χ0n) is 10.4. The molecule has 0 atom stereocenters. The van der Waals surface area contributed by atoms with Crippen molar-refractivity contribution in [3.05, 3.63) is 22.2 Å². The second-order valence-corrected chi connectivity index (χ2v) is 4.52. The fraction of sp³-hybridized carbons (Fsp3) is 0.417. The number of esters is 1. The number of nitrogens with zero attached hydrogens (tertiary/aromatic N) is 1. The first kappa shape index (κ1) is 14.4. The van der Waals surface area contributed by atoms with E-state index in [-0.39, 0.29) is 11.9 Å². The molecular weight excluding hydrogens is 252 g/mol. The molecule has 0 unspecified atom stereocenters. The minimum Gasteiger partial charge on any atom is -0.462 e. The molecule has 0 aliphatic rings. The van der Waals surface area contributed by atoms with Gasteiger partial charge in [-0.3, -0.25) is 4.79 Å². The molecule has 0 aliphatic carbocycles. The highest BCUT2D eigenvalue weighted by molar-refractivity contribution is 7.14. The van der Waals surface area contributed by atoms with Crippen LogP contribution in [0.1, 0.15) is 34.9 Å². The molecular formula is C12H16N2O3S. The van der Waals surface area contributed by atoms with Crippen molar-refractivity contribution in [2.45, 2.75) is 20.3 Å². The third kappa shape index (κ3) is 5.09. The minimum atomic E-state index is -0.340. The third-order valence-electron chi connectivity index (χ3n) is 1.95. The minimum absolute atomic E-state index is 0.0396. The van der Waals surface area contributed by atoms with Gasteiger partial charge >= 0.3 is 5.97 Å². The number of hydrogen-bond acceptors (Lipinski definition) is 5. The summed E-state index contributed by atoms with van der Waals surface area (Å²) in [6.07, 6.45) is 5.98. The van der Waals surface area contributed by atoms with Crippen molar-refractivity contribution in [3.8, 4) is 0 Å². The van der Waals surface area contributed by atoms with Gasteiger partial charge in [-0.1, -0.05) is 6.08 Å². The van der Waals surface area contributed by atoms with Gasteiger partial charge in [0.15, 0.2) is 0 Å². The highest BCUT2D eigenvalue weighted by atomic mass is 32.1. The molecule has 0 saturated heterocycles. The van der Waals surface area contributed by atoms with Gasteiger partial charge in [-0.05, 0) is 19.4 Å². The van der Waals surface area contributed by atoms with Gasteiger partial charge in [0.1, 0.15) is 9.88 Å². The van der Waals surface area contributed by atoms with Gasteiger partial charge in [-0.2, -0.15) is 0 Å². The van der Waals surface area contributed by atoms with Gasteiger partial charge in [0, 0.05) is 13.5 Å². The fourth-order valence-corrected chi connectivity index (χ4v) is 1.92. The van der Waals surface area contributed by atoms with E-state index in [2.05, 4.69) is 10.3 Å². The molecule has 1 aromatic rings. The molecule has 1 heterocycles. The number of carbonyl (C=O) groups is 2. The summed E-state index contributed by atoms with van der Waals surface area (Å²) in [6, 6.07) is 0. The third-order valence-corrected chi connectivity index (χ3v) is 2.89. The number of amides is 1. The summed E-state index contributed by atoms with van der Waals surface area (Å²) < 4.78 is 4.87. The second-order valence-electron chi connectivity index (χ2n) is 3.46. The Bertz CT molecular complexity index is 440. The van der Waals surface area contributed by atoms with Crippen LogP contribution in [0.3, 0.4) is 0 Å². The van der Waals surface area contributed by atoms with E-state index in [1.54, 1.807) is 6.92 Å². The fourth-order valence-electron chi connectivity index (χ4n) is 1.18. The Hall–Kier alpha value is -1.69. The van der Waals surface area contributed by atoms with E-state index < -0.39 is 0 Å². The van der Waals surface area contributed by atoms with Gasteiger partial charge in [0.2, 0.25) is 5.91 Å². The molecule has 0 bridgehead atoms. The van der Waals surface area contributed by atoms with Crippen molar-refractivity contribution < 1.29 is 14.3 Å². The monoisotopic (exact) mass is 268 g/mol. The van der Waals surface area contributed by atoms with E-state index in [4.69, 9.17) is 4.74 Å². The molecule has 0 aliphatic heterocycles. The van der Waals surface area contributed by atoms with Crippen molar-refractivity contribution in [1.29, 1.82) is 0 Å². The molecule has 98 valence electrons. The lowest BCUT2D eigenvalue weighted by molar-refractivity contribution is -0.118. The maximum atomic E-state index is 11.4. The number of nitrogens with one attached hydrogen (secondary N) is 1. The molecule has 1 rings (SSSR count). The highest BCUT2D eigenvalue weighted by Crippen LogP contribution is 2.15. The molecule has 0 saturated carbocycles. The van der Waals surface area contributed by atoms with E-state index >= 15 is 0 Å². The maximum absolute atomic E-state index is 11.4. The van der Waals surface area contributed by atoms with Crippen LogP contribution < -0.4 is 5.32 Å². The lowest BCUT2D eigenvalue weighted by Gasteiger charge is -1.96. The Morgan fingerprint density at radius 3 is 3.00 bits per heavy atom. The van der Waals surface area contributed by atoms with Crippen molar-refractivity contribution in [2.75, 3.05) is 13.2 Å². The van der Waals surface area contributed by atoms with E-state index in [9.17, 15) is 9.59 Å². The first-order valence-electron chi connectivity index (χ1n) is 5.67. The molecule has 0 fully saturated rings. The molecule has 1 amide bonds. The van der Waals surface area contributed by atoms with E-state index in [0.29, 0.717) is 18.0 Å². The smallest absolute Gasteiger partial charge is 0.349 e. The van der Waals surface area contributed by atoms with Crippen molar-refractivity contribution in [1.82, 2.24) is 10.3 Å². The number of rotatable bonds is 6. The number of carbonyl (C=O) groups excluding carboxylic acids is 2. The quantitative estimate of drug-likeness (QED) is 0.631. The Morgan fingerprint density at radius 2 is 2.33 bits per heavy atom. The molecule has 1 N–H and O–H groups in total. The Labute approximate surface area is 110 Å². The topological polar surface area (TPSA) is 68.3 Å². The zero-order chi connectivity index (χ0) is 13.4. The predicted octanol–water partition coefficient (Wildman–Crippen LogP) is 1.86. The number of aromatic nitrogens is 1. The van der Waals surface area contributed by atoms with Crippen LogP contribution in [0.15, 0.2) is 12.3 Å². The van der Waals surface area contributed by atoms with Crippen LogP contribution in [-0.4, -0.2) is 30.0 Å². The van der Waals surface area contributed by atoms with E-state index in [1.165, 1.54) is 24.5 Å². The Morgan fingerprint density at radius 1 is 1.56 bits per heavy atom. The number of hydrogen-bond donors (Lipinski definition) is 1. The van der Waals surface area contributed by atoms with Gasteiger partial charge in [-0.15, -0.1) is 11.3 Å². The summed E-state index contributed by atoms with van der Waals surface area (Å²) in [5, 5.41) is 3.44. The van der Waals surface area contributed by atoms with Crippen LogP contribution >= 0.6 is 11.3 Å². The standard InChI is InChI=1S/C12H16N2O3S/c1-3-17-12(16)10-8-14-11(18-10)6-4-5-7-13-9(2)15/h4,6,8H,3,5,7H2,1-2H3,(H,13,15). The van der Waals surface area contributed by atoms with Gasteiger partial charge in [0.05, 0.1) is 12.8 Å². The van der Waals surface area contributed by atoms with Crippen LogP contribution in [0.25, 0.3) is 6.08 Å².